The van der Waals surface area contributed by atoms with Crippen molar-refractivity contribution >= 4 is 17.2 Å². The number of carbonyl (C=O) groups is 1. The highest BCUT2D eigenvalue weighted by Gasteiger charge is 2.31. The molecule has 2 N–H and O–H groups in total. The second-order valence-electron chi connectivity index (χ2n) is 7.93. The highest BCUT2D eigenvalue weighted by Crippen LogP contribution is 2.35. The molecule has 0 bridgehead atoms. The summed E-state index contributed by atoms with van der Waals surface area (Å²) < 4.78 is 10.7. The van der Waals surface area contributed by atoms with Crippen LogP contribution in [0.4, 0.5) is 0 Å². The monoisotopic (exact) mass is 402 g/mol. The number of rotatable bonds is 8. The number of hydrogen-bond donors (Lipinski definition) is 1. The molecule has 0 spiro atoms. The number of benzene rings is 1. The van der Waals surface area contributed by atoms with Crippen LogP contribution in [-0.4, -0.2) is 37.1 Å². The molecule has 1 amide bonds. The van der Waals surface area contributed by atoms with E-state index in [0.29, 0.717) is 30.2 Å². The van der Waals surface area contributed by atoms with Gasteiger partial charge in [-0.2, -0.15) is 0 Å². The van der Waals surface area contributed by atoms with E-state index >= 15 is 0 Å². The van der Waals surface area contributed by atoms with Gasteiger partial charge in [0, 0.05) is 33.9 Å². The van der Waals surface area contributed by atoms with E-state index in [1.807, 2.05) is 22.3 Å². The summed E-state index contributed by atoms with van der Waals surface area (Å²) in [5, 5.41) is 0. The van der Waals surface area contributed by atoms with E-state index in [1.165, 1.54) is 15.3 Å². The lowest BCUT2D eigenvalue weighted by molar-refractivity contribution is 0.0766. The van der Waals surface area contributed by atoms with Crippen LogP contribution in [0.3, 0.4) is 0 Å². The number of methoxy groups -OCH3 is 2. The van der Waals surface area contributed by atoms with E-state index in [4.69, 9.17) is 15.2 Å². The van der Waals surface area contributed by atoms with Crippen LogP contribution in [0.5, 0.6) is 11.5 Å². The van der Waals surface area contributed by atoms with Crippen molar-refractivity contribution in [2.24, 2.45) is 5.73 Å². The van der Waals surface area contributed by atoms with Gasteiger partial charge in [0.1, 0.15) is 0 Å². The van der Waals surface area contributed by atoms with Gasteiger partial charge in [-0.1, -0.05) is 0 Å². The number of ether oxygens (including phenoxy) is 2. The Morgan fingerprint density at radius 2 is 1.82 bits per heavy atom. The van der Waals surface area contributed by atoms with Crippen LogP contribution >= 0.6 is 11.3 Å². The van der Waals surface area contributed by atoms with Crippen molar-refractivity contribution in [2.75, 3.05) is 20.8 Å². The van der Waals surface area contributed by atoms with Gasteiger partial charge >= 0.3 is 0 Å². The summed E-state index contributed by atoms with van der Waals surface area (Å²) in [6.45, 7) is 7.63. The first-order valence-electron chi connectivity index (χ1n) is 9.63. The Kier molecular flexibility index (Phi) is 6.01. The Bertz CT molecular complexity index is 873. The molecule has 1 aromatic carbocycles. The van der Waals surface area contributed by atoms with Crippen LogP contribution in [-0.2, 0) is 13.0 Å². The van der Waals surface area contributed by atoms with Crippen LogP contribution in [0, 0.1) is 13.8 Å². The zero-order valence-corrected chi connectivity index (χ0v) is 18.2. The van der Waals surface area contributed by atoms with Crippen molar-refractivity contribution in [1.29, 1.82) is 0 Å². The molecule has 1 aliphatic rings. The molecule has 152 valence electrons. The highest BCUT2D eigenvalue weighted by molar-refractivity contribution is 7.12. The van der Waals surface area contributed by atoms with Gasteiger partial charge < -0.3 is 20.1 Å². The van der Waals surface area contributed by atoms with Crippen molar-refractivity contribution in [3.63, 3.8) is 0 Å². The van der Waals surface area contributed by atoms with Gasteiger partial charge in [0.25, 0.3) is 5.91 Å². The van der Waals surface area contributed by atoms with Gasteiger partial charge in [-0.25, -0.2) is 0 Å². The Labute approximate surface area is 171 Å². The van der Waals surface area contributed by atoms with E-state index < -0.39 is 0 Å². The highest BCUT2D eigenvalue weighted by atomic mass is 32.1. The SMILES string of the molecule is COc1cc2c(cc1OC)C(=O)N(CCC(C)(N)CCc1cc(C)sc1C)C2. The molecule has 0 aliphatic carbocycles. The Morgan fingerprint density at radius 1 is 1.14 bits per heavy atom. The summed E-state index contributed by atoms with van der Waals surface area (Å²) >= 11 is 1.84. The number of nitrogens with two attached hydrogens (primary N) is 1. The van der Waals surface area contributed by atoms with Crippen molar-refractivity contribution in [3.05, 3.63) is 44.6 Å². The maximum atomic E-state index is 12.8. The molecule has 2 aromatic rings. The number of carbonyl (C=O) groups excluding carboxylic acids is 1. The minimum atomic E-state index is -0.313. The lowest BCUT2D eigenvalue weighted by Gasteiger charge is -2.27. The quantitative estimate of drug-likeness (QED) is 0.723. The predicted octanol–water partition coefficient (Wildman–Crippen LogP) is 4.08. The molecule has 2 heterocycles. The fourth-order valence-electron chi connectivity index (χ4n) is 3.75. The number of nitrogens with zero attached hydrogens (tertiary/aromatic N) is 1. The molecule has 0 saturated heterocycles. The molecule has 6 heteroatoms. The molecule has 1 aromatic heterocycles. The zero-order valence-electron chi connectivity index (χ0n) is 17.4. The largest absolute Gasteiger partial charge is 0.493 e. The topological polar surface area (TPSA) is 64.8 Å². The Hall–Kier alpha value is -2.05. The molecule has 28 heavy (non-hydrogen) atoms. The van der Waals surface area contributed by atoms with Gasteiger partial charge in [-0.15, -0.1) is 11.3 Å². The molecular formula is C22H30N2O3S. The van der Waals surface area contributed by atoms with Crippen molar-refractivity contribution in [1.82, 2.24) is 4.90 Å². The lowest BCUT2D eigenvalue weighted by Crippen LogP contribution is -2.41. The molecule has 0 radical (unpaired) electrons. The first kappa shape index (κ1) is 20.7. The molecule has 3 rings (SSSR count). The Balaban J connectivity index is 1.61. The number of aryl methyl sites for hydroxylation is 3. The van der Waals surface area contributed by atoms with Gasteiger partial charge in [-0.3, -0.25) is 4.79 Å². The fourth-order valence-corrected chi connectivity index (χ4v) is 4.72. The number of hydrogen-bond acceptors (Lipinski definition) is 5. The zero-order chi connectivity index (χ0) is 20.5. The van der Waals surface area contributed by atoms with Crippen molar-refractivity contribution in [3.8, 4) is 11.5 Å². The normalized spacial score (nSPS) is 15.5. The lowest BCUT2D eigenvalue weighted by atomic mass is 9.91. The third-order valence-corrected chi connectivity index (χ3v) is 6.56. The third-order valence-electron chi connectivity index (χ3n) is 5.55. The number of amides is 1. The Morgan fingerprint density at radius 3 is 2.43 bits per heavy atom. The van der Waals surface area contributed by atoms with E-state index in [9.17, 15) is 4.79 Å². The minimum absolute atomic E-state index is 0.0380. The summed E-state index contributed by atoms with van der Waals surface area (Å²) in [5.41, 5.74) is 9.32. The second kappa shape index (κ2) is 8.13. The third kappa shape index (κ3) is 4.33. The molecule has 1 aliphatic heterocycles. The summed E-state index contributed by atoms with van der Waals surface area (Å²) in [6.07, 6.45) is 2.65. The van der Waals surface area contributed by atoms with Crippen LogP contribution in [0.15, 0.2) is 18.2 Å². The minimum Gasteiger partial charge on any atom is -0.493 e. The van der Waals surface area contributed by atoms with Crippen LogP contribution in [0.1, 0.15) is 51.0 Å². The van der Waals surface area contributed by atoms with Gasteiger partial charge in [-0.05, 0) is 69.4 Å². The first-order chi connectivity index (χ1) is 13.2. The molecule has 1 atom stereocenters. The maximum absolute atomic E-state index is 12.8. The molecular weight excluding hydrogens is 372 g/mol. The predicted molar refractivity (Wildman–Crippen MR) is 114 cm³/mol. The van der Waals surface area contributed by atoms with Crippen LogP contribution in [0.25, 0.3) is 0 Å². The van der Waals surface area contributed by atoms with Crippen molar-refractivity contribution < 1.29 is 14.3 Å². The molecule has 0 saturated carbocycles. The number of thiophene rings is 1. The molecule has 5 nitrogen and oxygen atoms in total. The maximum Gasteiger partial charge on any atom is 0.254 e. The van der Waals surface area contributed by atoms with E-state index in [0.717, 1.165) is 24.8 Å². The second-order valence-corrected chi connectivity index (χ2v) is 9.39. The average molecular weight is 403 g/mol. The summed E-state index contributed by atoms with van der Waals surface area (Å²) in [5.74, 6) is 1.28. The fraction of sp³-hybridized carbons (Fsp3) is 0.500. The van der Waals surface area contributed by atoms with Crippen LogP contribution in [0.2, 0.25) is 0 Å². The number of fused-ring (bicyclic) bond motifs is 1. The standard InChI is InChI=1S/C22H30N2O3S/c1-14-10-16(15(2)28-14)6-7-22(3,23)8-9-24-13-17-11-19(26-4)20(27-5)12-18(17)21(24)25/h10-12H,6-9,13,23H2,1-5H3. The van der Waals surface area contributed by atoms with E-state index in [-0.39, 0.29) is 11.4 Å². The van der Waals surface area contributed by atoms with Gasteiger partial charge in [0.05, 0.1) is 14.2 Å². The van der Waals surface area contributed by atoms with Crippen molar-refractivity contribution in [2.45, 2.75) is 52.1 Å². The van der Waals surface area contributed by atoms with E-state index in [2.05, 4.69) is 26.8 Å². The van der Waals surface area contributed by atoms with E-state index in [1.54, 1.807) is 20.3 Å². The summed E-state index contributed by atoms with van der Waals surface area (Å²) in [4.78, 5) is 17.4. The molecule has 0 fully saturated rings. The van der Waals surface area contributed by atoms with Crippen LogP contribution < -0.4 is 15.2 Å². The smallest absolute Gasteiger partial charge is 0.254 e. The summed E-state index contributed by atoms with van der Waals surface area (Å²) in [7, 11) is 3.19. The first-order valence-corrected chi connectivity index (χ1v) is 10.4. The summed E-state index contributed by atoms with van der Waals surface area (Å²) in [6, 6.07) is 5.94. The average Bonchev–Trinajstić information content (AvgIpc) is 3.15. The van der Waals surface area contributed by atoms with Gasteiger partial charge in [0.2, 0.25) is 0 Å². The molecule has 1 unspecified atom stereocenters. The van der Waals surface area contributed by atoms with Gasteiger partial charge in [0.15, 0.2) is 11.5 Å².